The highest BCUT2D eigenvalue weighted by atomic mass is 19.3. The van der Waals surface area contributed by atoms with Crippen LogP contribution in [0.5, 0.6) is 0 Å². The lowest BCUT2D eigenvalue weighted by Gasteiger charge is -2.33. The molecular weight excluding hydrogens is 365 g/mol. The number of amidine groups is 1. The largest absolute Gasteiger partial charge is 0.448 e. The fraction of sp³-hybridized carbons (Fsp3) is 0.353. The average Bonchev–Trinajstić information content (AvgIpc) is 2.98. The van der Waals surface area contributed by atoms with Crippen molar-refractivity contribution in [2.75, 3.05) is 18.5 Å². The minimum atomic E-state index is -3.53. The predicted octanol–water partition coefficient (Wildman–Crippen LogP) is 2.61. The molecule has 1 aliphatic rings. The zero-order valence-electron chi connectivity index (χ0n) is 14.6. The highest BCUT2D eigenvalue weighted by molar-refractivity contribution is 6.03. The summed E-state index contributed by atoms with van der Waals surface area (Å²) in [5, 5.41) is 2.48. The van der Waals surface area contributed by atoms with Gasteiger partial charge in [0.05, 0.1) is 0 Å². The summed E-state index contributed by atoms with van der Waals surface area (Å²) >= 11 is 0. The smallest absolute Gasteiger partial charge is 0.299 e. The highest BCUT2D eigenvalue weighted by Gasteiger charge is 2.54. The number of alkyl halides is 2. The lowest BCUT2D eigenvalue weighted by molar-refractivity contribution is -0.116. The van der Waals surface area contributed by atoms with Crippen LogP contribution < -0.4 is 11.1 Å². The summed E-state index contributed by atoms with van der Waals surface area (Å²) in [5.74, 6) is -4.96. The third kappa shape index (κ3) is 3.39. The molecule has 27 heavy (non-hydrogen) atoms. The van der Waals surface area contributed by atoms with Crippen LogP contribution in [0.15, 0.2) is 34.0 Å². The number of aliphatic imine (C=N–C) groups is 1. The quantitative estimate of drug-likeness (QED) is 0.850. The minimum absolute atomic E-state index is 0.0301. The Hall–Kier alpha value is -2.88. The van der Waals surface area contributed by atoms with Gasteiger partial charge >= 0.3 is 0 Å². The standard InChI is InChI=1S/C17H17F3N4O3/c1-9-14(22-8-27-9)15(25)23-10-3-4-12(18)11(5-10)16(2)17(19,20)7-26-6-13(21)24-16/h3-5,8H,6-7H2,1-2H3,(H2,21,24)(H,23,25)/t16-/m1/s1. The number of amides is 1. The number of nitrogens with one attached hydrogen (secondary N) is 1. The Kier molecular flexibility index (Phi) is 4.68. The number of nitrogens with zero attached hydrogens (tertiary/aromatic N) is 2. The Morgan fingerprint density at radius 3 is 2.78 bits per heavy atom. The Bertz CT molecular complexity index is 913. The van der Waals surface area contributed by atoms with E-state index < -0.39 is 35.4 Å². The molecule has 0 fully saturated rings. The van der Waals surface area contributed by atoms with Crippen LogP contribution in [0.25, 0.3) is 0 Å². The lowest BCUT2D eigenvalue weighted by Crippen LogP contribution is -2.45. The normalized spacial score (nSPS) is 22.0. The summed E-state index contributed by atoms with van der Waals surface area (Å²) in [6, 6.07) is 3.31. The van der Waals surface area contributed by atoms with Gasteiger partial charge in [-0.15, -0.1) is 0 Å². The summed E-state index contributed by atoms with van der Waals surface area (Å²) in [5.41, 5.74) is 3.00. The molecule has 1 aliphatic heterocycles. The predicted molar refractivity (Wildman–Crippen MR) is 90.3 cm³/mol. The molecule has 3 N–H and O–H groups in total. The Balaban J connectivity index is 2.01. The maximum absolute atomic E-state index is 14.7. The molecule has 0 unspecified atom stereocenters. The maximum atomic E-state index is 14.7. The molecule has 1 amide bonds. The molecule has 2 aromatic rings. The van der Waals surface area contributed by atoms with Gasteiger partial charge in [-0.25, -0.2) is 18.2 Å². The minimum Gasteiger partial charge on any atom is -0.448 e. The number of ether oxygens (including phenoxy) is 1. The van der Waals surface area contributed by atoms with E-state index in [1.54, 1.807) is 6.92 Å². The van der Waals surface area contributed by atoms with Crippen molar-refractivity contribution in [2.45, 2.75) is 25.3 Å². The summed E-state index contributed by atoms with van der Waals surface area (Å²) in [6.45, 7) is 1.36. The van der Waals surface area contributed by atoms with Gasteiger partial charge in [0.25, 0.3) is 11.8 Å². The van der Waals surface area contributed by atoms with Crippen LogP contribution in [0.2, 0.25) is 0 Å². The second-order valence-corrected chi connectivity index (χ2v) is 6.28. The summed E-state index contributed by atoms with van der Waals surface area (Å²) in [4.78, 5) is 19.8. The van der Waals surface area contributed by atoms with E-state index in [0.29, 0.717) is 0 Å². The number of hydrogen-bond donors (Lipinski definition) is 2. The second kappa shape index (κ2) is 6.69. The Morgan fingerprint density at radius 2 is 2.11 bits per heavy atom. The third-order valence-electron chi connectivity index (χ3n) is 4.32. The van der Waals surface area contributed by atoms with Crippen LogP contribution in [0.4, 0.5) is 18.9 Å². The Labute approximate surface area is 152 Å². The molecule has 1 atom stereocenters. The highest BCUT2D eigenvalue weighted by Crippen LogP contribution is 2.44. The van der Waals surface area contributed by atoms with Gasteiger partial charge in [-0.05, 0) is 32.0 Å². The number of rotatable bonds is 3. The number of hydrogen-bond acceptors (Lipinski definition) is 6. The molecule has 1 aromatic carbocycles. The number of nitrogens with two attached hydrogens (primary N) is 1. The number of anilines is 1. The van der Waals surface area contributed by atoms with E-state index in [9.17, 15) is 18.0 Å². The summed E-state index contributed by atoms with van der Waals surface area (Å²) < 4.78 is 53.5. The van der Waals surface area contributed by atoms with Crippen LogP contribution in [0.3, 0.4) is 0 Å². The van der Waals surface area contributed by atoms with Crippen LogP contribution in [0, 0.1) is 12.7 Å². The van der Waals surface area contributed by atoms with Crippen LogP contribution in [0.1, 0.15) is 28.7 Å². The SMILES string of the molecule is Cc1ocnc1C(=O)Nc1ccc(F)c([C@@]2(C)N=C(N)COCC2(F)F)c1. The number of aryl methyl sites for hydroxylation is 1. The van der Waals surface area contributed by atoms with Crippen molar-refractivity contribution in [1.82, 2.24) is 4.98 Å². The summed E-state index contributed by atoms with van der Waals surface area (Å²) in [7, 11) is 0. The van der Waals surface area contributed by atoms with Gasteiger partial charge in [-0.1, -0.05) is 0 Å². The van der Waals surface area contributed by atoms with Crippen molar-refractivity contribution in [1.29, 1.82) is 0 Å². The van der Waals surface area contributed by atoms with Gasteiger partial charge in [0.2, 0.25) is 0 Å². The van der Waals surface area contributed by atoms with Gasteiger partial charge in [0, 0.05) is 11.3 Å². The van der Waals surface area contributed by atoms with E-state index in [1.165, 1.54) is 6.07 Å². The fourth-order valence-corrected chi connectivity index (χ4v) is 2.77. The molecule has 0 radical (unpaired) electrons. The molecule has 144 valence electrons. The van der Waals surface area contributed by atoms with Crippen LogP contribution >= 0.6 is 0 Å². The van der Waals surface area contributed by atoms with Crippen molar-refractivity contribution in [2.24, 2.45) is 10.7 Å². The van der Waals surface area contributed by atoms with E-state index in [2.05, 4.69) is 15.3 Å². The third-order valence-corrected chi connectivity index (χ3v) is 4.32. The molecule has 3 rings (SSSR count). The molecule has 0 spiro atoms. The number of carbonyl (C=O) groups excluding carboxylic acids is 1. The first kappa shape index (κ1) is 18.9. The van der Waals surface area contributed by atoms with Gasteiger partial charge in [0.1, 0.15) is 30.6 Å². The molecule has 10 heteroatoms. The van der Waals surface area contributed by atoms with Crippen molar-refractivity contribution in [3.05, 3.63) is 47.4 Å². The van der Waals surface area contributed by atoms with E-state index in [4.69, 9.17) is 14.9 Å². The number of halogens is 3. The van der Waals surface area contributed by atoms with E-state index in [0.717, 1.165) is 25.5 Å². The zero-order valence-corrected chi connectivity index (χ0v) is 14.6. The first-order valence-electron chi connectivity index (χ1n) is 7.95. The fourth-order valence-electron chi connectivity index (χ4n) is 2.77. The molecule has 0 saturated carbocycles. The molecule has 7 nitrogen and oxygen atoms in total. The molecular formula is C17H17F3N4O3. The number of benzene rings is 1. The molecule has 0 saturated heterocycles. The number of carbonyl (C=O) groups is 1. The first-order chi connectivity index (χ1) is 12.6. The maximum Gasteiger partial charge on any atom is 0.299 e. The Morgan fingerprint density at radius 1 is 1.37 bits per heavy atom. The molecule has 1 aromatic heterocycles. The molecule has 2 heterocycles. The number of oxazole rings is 1. The van der Waals surface area contributed by atoms with E-state index >= 15 is 0 Å². The zero-order chi connectivity index (χ0) is 19.8. The van der Waals surface area contributed by atoms with Crippen molar-refractivity contribution in [3.8, 4) is 0 Å². The number of aromatic nitrogens is 1. The first-order valence-corrected chi connectivity index (χ1v) is 7.95. The van der Waals surface area contributed by atoms with Crippen molar-refractivity contribution < 1.29 is 27.1 Å². The average molecular weight is 382 g/mol. The van der Waals surface area contributed by atoms with E-state index in [1.807, 2.05) is 0 Å². The molecule has 0 aliphatic carbocycles. The van der Waals surface area contributed by atoms with Gasteiger partial charge in [-0.2, -0.15) is 0 Å². The lowest BCUT2D eigenvalue weighted by atomic mass is 9.85. The van der Waals surface area contributed by atoms with Crippen LogP contribution in [-0.4, -0.2) is 35.9 Å². The van der Waals surface area contributed by atoms with Gasteiger partial charge in [-0.3, -0.25) is 9.79 Å². The van der Waals surface area contributed by atoms with Crippen molar-refractivity contribution in [3.63, 3.8) is 0 Å². The second-order valence-electron chi connectivity index (χ2n) is 6.28. The monoisotopic (exact) mass is 382 g/mol. The van der Waals surface area contributed by atoms with Gasteiger partial charge < -0.3 is 20.2 Å². The topological polar surface area (TPSA) is 103 Å². The van der Waals surface area contributed by atoms with Gasteiger partial charge in [0.15, 0.2) is 17.6 Å². The van der Waals surface area contributed by atoms with Crippen LogP contribution in [-0.2, 0) is 10.3 Å². The molecule has 0 bridgehead atoms. The summed E-state index contributed by atoms with van der Waals surface area (Å²) in [6.07, 6.45) is 1.10. The van der Waals surface area contributed by atoms with Crippen molar-refractivity contribution >= 4 is 17.4 Å². The van der Waals surface area contributed by atoms with E-state index in [-0.39, 0.29) is 29.6 Å².